The van der Waals surface area contributed by atoms with Crippen LogP contribution in [-0.2, 0) is 10.0 Å². The molecule has 5 nitrogen and oxygen atoms in total. The van der Waals surface area contributed by atoms with Crippen LogP contribution >= 0.6 is 0 Å². The summed E-state index contributed by atoms with van der Waals surface area (Å²) in [5, 5.41) is 0. The summed E-state index contributed by atoms with van der Waals surface area (Å²) in [5.74, 6) is 0.685. The third-order valence-electron chi connectivity index (χ3n) is 3.61. The fraction of sp³-hybridized carbons (Fsp3) is 0.600. The van der Waals surface area contributed by atoms with Gasteiger partial charge in [-0.1, -0.05) is 6.42 Å². The van der Waals surface area contributed by atoms with Crippen molar-refractivity contribution in [1.29, 1.82) is 0 Å². The summed E-state index contributed by atoms with van der Waals surface area (Å²) in [6.45, 7) is 5.84. The standard InChI is InChI=1S/C15H24N2O3S/c1-2-20-14-6-8-15(9-7-14)21(18,19)16-10-13-17-11-4-3-5-12-17/h6-9,16H,2-5,10-13H2,1H3. The fourth-order valence-electron chi connectivity index (χ4n) is 2.49. The zero-order valence-corrected chi connectivity index (χ0v) is 13.4. The van der Waals surface area contributed by atoms with E-state index in [2.05, 4.69) is 9.62 Å². The van der Waals surface area contributed by atoms with E-state index in [1.807, 2.05) is 6.92 Å². The number of piperidine rings is 1. The second-order valence-corrected chi connectivity index (χ2v) is 6.97. The highest BCUT2D eigenvalue weighted by molar-refractivity contribution is 7.89. The van der Waals surface area contributed by atoms with E-state index in [9.17, 15) is 8.42 Å². The summed E-state index contributed by atoms with van der Waals surface area (Å²) < 4.78 is 32.3. The van der Waals surface area contributed by atoms with Gasteiger partial charge in [-0.05, 0) is 57.1 Å². The number of benzene rings is 1. The maximum absolute atomic E-state index is 12.2. The molecule has 0 spiro atoms. The second-order valence-electron chi connectivity index (χ2n) is 5.20. The van der Waals surface area contributed by atoms with Crippen molar-refractivity contribution in [3.05, 3.63) is 24.3 Å². The first-order valence-electron chi connectivity index (χ1n) is 7.57. The Hall–Kier alpha value is -1.11. The molecule has 2 rings (SSSR count). The quantitative estimate of drug-likeness (QED) is 0.835. The fourth-order valence-corrected chi connectivity index (χ4v) is 3.51. The molecule has 1 saturated heterocycles. The van der Waals surface area contributed by atoms with Gasteiger partial charge in [0.15, 0.2) is 0 Å². The SMILES string of the molecule is CCOc1ccc(S(=O)(=O)NCCN2CCCCC2)cc1. The molecule has 1 aromatic carbocycles. The van der Waals surface area contributed by atoms with E-state index in [0.29, 0.717) is 18.9 Å². The summed E-state index contributed by atoms with van der Waals surface area (Å²) in [4.78, 5) is 2.59. The van der Waals surface area contributed by atoms with Crippen molar-refractivity contribution in [1.82, 2.24) is 9.62 Å². The lowest BCUT2D eigenvalue weighted by Crippen LogP contribution is -2.37. The van der Waals surface area contributed by atoms with Gasteiger partial charge in [0.25, 0.3) is 0 Å². The molecule has 1 N–H and O–H groups in total. The monoisotopic (exact) mass is 312 g/mol. The average Bonchev–Trinajstić information content (AvgIpc) is 2.49. The van der Waals surface area contributed by atoms with Crippen molar-refractivity contribution in [2.45, 2.75) is 31.1 Å². The molecule has 1 heterocycles. The van der Waals surface area contributed by atoms with E-state index < -0.39 is 10.0 Å². The number of sulfonamides is 1. The molecule has 118 valence electrons. The molecular formula is C15H24N2O3S. The molecule has 0 amide bonds. The molecule has 0 bridgehead atoms. The maximum atomic E-state index is 12.2. The van der Waals surface area contributed by atoms with Crippen LogP contribution in [0.1, 0.15) is 26.2 Å². The third-order valence-corrected chi connectivity index (χ3v) is 5.09. The van der Waals surface area contributed by atoms with Crippen LogP contribution in [0, 0.1) is 0 Å². The number of likely N-dealkylation sites (tertiary alicyclic amines) is 1. The molecule has 6 heteroatoms. The smallest absolute Gasteiger partial charge is 0.240 e. The molecule has 1 fully saturated rings. The van der Waals surface area contributed by atoms with Gasteiger partial charge >= 0.3 is 0 Å². The van der Waals surface area contributed by atoms with E-state index in [4.69, 9.17) is 4.74 Å². The first kappa shape index (κ1) is 16.3. The number of nitrogens with zero attached hydrogens (tertiary/aromatic N) is 1. The number of ether oxygens (including phenoxy) is 1. The largest absolute Gasteiger partial charge is 0.494 e. The molecular weight excluding hydrogens is 288 g/mol. The predicted octanol–water partition coefficient (Wildman–Crippen LogP) is 1.85. The molecule has 0 unspecified atom stereocenters. The summed E-state index contributed by atoms with van der Waals surface area (Å²) in [7, 11) is -3.43. The minimum absolute atomic E-state index is 0.282. The lowest BCUT2D eigenvalue weighted by Gasteiger charge is -2.26. The Morgan fingerprint density at radius 1 is 1.14 bits per heavy atom. The van der Waals surface area contributed by atoms with Gasteiger partial charge in [0.1, 0.15) is 5.75 Å². The first-order chi connectivity index (χ1) is 10.1. The number of hydrogen-bond acceptors (Lipinski definition) is 4. The lowest BCUT2D eigenvalue weighted by molar-refractivity contribution is 0.233. The molecule has 1 aliphatic rings. The van der Waals surface area contributed by atoms with Crippen LogP contribution in [-0.4, -0.2) is 46.1 Å². The summed E-state index contributed by atoms with van der Waals surface area (Å²) in [5.41, 5.74) is 0. The molecule has 21 heavy (non-hydrogen) atoms. The topological polar surface area (TPSA) is 58.6 Å². The third kappa shape index (κ3) is 4.98. The van der Waals surface area contributed by atoms with Crippen LogP contribution < -0.4 is 9.46 Å². The van der Waals surface area contributed by atoms with Gasteiger partial charge in [-0.2, -0.15) is 0 Å². The molecule has 0 radical (unpaired) electrons. The van der Waals surface area contributed by atoms with E-state index >= 15 is 0 Å². The molecule has 0 aromatic heterocycles. The van der Waals surface area contributed by atoms with E-state index in [1.54, 1.807) is 24.3 Å². The molecule has 0 saturated carbocycles. The van der Waals surface area contributed by atoms with Gasteiger partial charge in [-0.25, -0.2) is 13.1 Å². The van der Waals surface area contributed by atoms with Crippen molar-refractivity contribution in [3.8, 4) is 5.75 Å². The number of nitrogens with one attached hydrogen (secondary N) is 1. The van der Waals surface area contributed by atoms with Gasteiger partial charge < -0.3 is 9.64 Å². The minimum atomic E-state index is -3.43. The molecule has 0 aliphatic carbocycles. The number of rotatable bonds is 7. The maximum Gasteiger partial charge on any atom is 0.240 e. The van der Waals surface area contributed by atoms with E-state index in [1.165, 1.54) is 19.3 Å². The highest BCUT2D eigenvalue weighted by Crippen LogP contribution is 2.15. The number of hydrogen-bond donors (Lipinski definition) is 1. The zero-order valence-electron chi connectivity index (χ0n) is 12.5. The van der Waals surface area contributed by atoms with Crippen LogP contribution in [0.25, 0.3) is 0 Å². The zero-order chi connectivity index (χ0) is 15.1. The highest BCUT2D eigenvalue weighted by Gasteiger charge is 2.15. The Bertz CT molecular complexity index is 522. The Kier molecular flexibility index (Phi) is 6.02. The van der Waals surface area contributed by atoms with Gasteiger partial charge in [-0.3, -0.25) is 0 Å². The second kappa shape index (κ2) is 7.77. The first-order valence-corrected chi connectivity index (χ1v) is 9.05. The molecule has 0 atom stereocenters. The van der Waals surface area contributed by atoms with Crippen molar-refractivity contribution < 1.29 is 13.2 Å². The Morgan fingerprint density at radius 2 is 1.81 bits per heavy atom. The van der Waals surface area contributed by atoms with Crippen LogP contribution in [0.5, 0.6) is 5.75 Å². The normalized spacial score (nSPS) is 16.8. The van der Waals surface area contributed by atoms with Crippen LogP contribution in [0.4, 0.5) is 0 Å². The molecule has 1 aliphatic heterocycles. The van der Waals surface area contributed by atoms with Gasteiger partial charge in [0.05, 0.1) is 11.5 Å². The van der Waals surface area contributed by atoms with Crippen molar-refractivity contribution in [3.63, 3.8) is 0 Å². The summed E-state index contributed by atoms with van der Waals surface area (Å²) >= 11 is 0. The van der Waals surface area contributed by atoms with Crippen LogP contribution in [0.2, 0.25) is 0 Å². The van der Waals surface area contributed by atoms with Crippen molar-refractivity contribution >= 4 is 10.0 Å². The van der Waals surface area contributed by atoms with Crippen molar-refractivity contribution in [2.24, 2.45) is 0 Å². The Labute approximate surface area is 127 Å². The van der Waals surface area contributed by atoms with E-state index in [0.717, 1.165) is 19.6 Å². The van der Waals surface area contributed by atoms with E-state index in [-0.39, 0.29) is 4.90 Å². The molecule has 1 aromatic rings. The van der Waals surface area contributed by atoms with Gasteiger partial charge in [0, 0.05) is 13.1 Å². The van der Waals surface area contributed by atoms with Crippen LogP contribution in [0.3, 0.4) is 0 Å². The minimum Gasteiger partial charge on any atom is -0.494 e. The Morgan fingerprint density at radius 3 is 2.43 bits per heavy atom. The predicted molar refractivity (Wildman–Crippen MR) is 83.1 cm³/mol. The highest BCUT2D eigenvalue weighted by atomic mass is 32.2. The van der Waals surface area contributed by atoms with Gasteiger partial charge in [0.2, 0.25) is 10.0 Å². The summed E-state index contributed by atoms with van der Waals surface area (Å²) in [6.07, 6.45) is 3.71. The Balaban J connectivity index is 1.85. The summed E-state index contributed by atoms with van der Waals surface area (Å²) in [6, 6.07) is 6.52. The van der Waals surface area contributed by atoms with Gasteiger partial charge in [-0.15, -0.1) is 0 Å². The average molecular weight is 312 g/mol. The van der Waals surface area contributed by atoms with Crippen LogP contribution in [0.15, 0.2) is 29.2 Å². The van der Waals surface area contributed by atoms with Crippen molar-refractivity contribution in [2.75, 3.05) is 32.8 Å². The lowest BCUT2D eigenvalue weighted by atomic mass is 10.1.